The first kappa shape index (κ1) is 13.3. The summed E-state index contributed by atoms with van der Waals surface area (Å²) >= 11 is 0. The van der Waals surface area contributed by atoms with Gasteiger partial charge in [0.2, 0.25) is 0 Å². The van der Waals surface area contributed by atoms with Crippen LogP contribution in [0.3, 0.4) is 0 Å². The average Bonchev–Trinajstić information content (AvgIpc) is 2.28. The summed E-state index contributed by atoms with van der Waals surface area (Å²) in [6, 6.07) is 1.50. The molecule has 0 spiro atoms. The van der Waals surface area contributed by atoms with Crippen LogP contribution < -0.4 is 5.73 Å². The molecule has 0 aromatic rings. The minimum absolute atomic E-state index is 0.348. The van der Waals surface area contributed by atoms with Crippen LogP contribution in [0.4, 0.5) is 0 Å². The average molecular weight is 240 g/mol. The van der Waals surface area contributed by atoms with Gasteiger partial charge < -0.3 is 10.5 Å². The predicted octanol–water partition coefficient (Wildman–Crippen LogP) is 1.86. The molecule has 0 aromatic carbocycles. The van der Waals surface area contributed by atoms with Gasteiger partial charge in [-0.05, 0) is 31.1 Å². The van der Waals surface area contributed by atoms with Gasteiger partial charge in [-0.3, -0.25) is 4.90 Å². The van der Waals surface area contributed by atoms with E-state index in [2.05, 4.69) is 25.7 Å². The van der Waals surface area contributed by atoms with Gasteiger partial charge >= 0.3 is 0 Å². The minimum Gasteiger partial charge on any atom is -0.378 e. The summed E-state index contributed by atoms with van der Waals surface area (Å²) in [5.74, 6) is 1.51. The highest BCUT2D eigenvalue weighted by atomic mass is 16.5. The second-order valence-electron chi connectivity index (χ2n) is 6.08. The first-order chi connectivity index (χ1) is 8.13. The summed E-state index contributed by atoms with van der Waals surface area (Å²) in [7, 11) is 0. The minimum atomic E-state index is 0.348. The molecule has 5 unspecified atom stereocenters. The second kappa shape index (κ2) is 5.68. The number of rotatable bonds is 2. The van der Waals surface area contributed by atoms with E-state index in [4.69, 9.17) is 10.5 Å². The van der Waals surface area contributed by atoms with Crippen LogP contribution in [0.25, 0.3) is 0 Å². The maximum absolute atomic E-state index is 6.43. The van der Waals surface area contributed by atoms with Crippen molar-refractivity contribution in [2.24, 2.45) is 17.6 Å². The summed E-state index contributed by atoms with van der Waals surface area (Å²) in [6.07, 6.45) is 3.68. The fourth-order valence-corrected chi connectivity index (χ4v) is 3.88. The molecule has 3 nitrogen and oxygen atoms in total. The molecule has 0 amide bonds. The van der Waals surface area contributed by atoms with Crippen molar-refractivity contribution in [3.8, 4) is 0 Å². The number of morpholine rings is 1. The summed E-state index contributed by atoms with van der Waals surface area (Å²) in [5.41, 5.74) is 6.43. The summed E-state index contributed by atoms with van der Waals surface area (Å²) < 4.78 is 5.60. The van der Waals surface area contributed by atoms with Crippen LogP contribution >= 0.6 is 0 Å². The third-order valence-corrected chi connectivity index (χ3v) is 4.60. The van der Waals surface area contributed by atoms with Gasteiger partial charge in [0.05, 0.1) is 13.2 Å². The zero-order valence-electron chi connectivity index (χ0n) is 11.6. The number of nitrogens with zero attached hydrogens (tertiary/aromatic N) is 1. The molecule has 5 atom stereocenters. The smallest absolute Gasteiger partial charge is 0.0622 e. The van der Waals surface area contributed by atoms with Crippen LogP contribution in [0, 0.1) is 11.8 Å². The first-order valence-corrected chi connectivity index (χ1v) is 7.22. The van der Waals surface area contributed by atoms with E-state index in [1.165, 1.54) is 19.3 Å². The van der Waals surface area contributed by atoms with Gasteiger partial charge in [-0.15, -0.1) is 0 Å². The van der Waals surface area contributed by atoms with Crippen molar-refractivity contribution in [3.63, 3.8) is 0 Å². The monoisotopic (exact) mass is 240 g/mol. The Kier molecular flexibility index (Phi) is 4.45. The van der Waals surface area contributed by atoms with Gasteiger partial charge in [0, 0.05) is 24.7 Å². The van der Waals surface area contributed by atoms with E-state index >= 15 is 0 Å². The van der Waals surface area contributed by atoms with Crippen LogP contribution in [0.2, 0.25) is 0 Å². The van der Waals surface area contributed by atoms with E-state index in [9.17, 15) is 0 Å². The summed E-state index contributed by atoms with van der Waals surface area (Å²) in [4.78, 5) is 2.64. The van der Waals surface area contributed by atoms with E-state index in [1.807, 2.05) is 0 Å². The lowest BCUT2D eigenvalue weighted by molar-refractivity contribution is -0.0573. The molecule has 0 radical (unpaired) electrons. The SMILES string of the molecule is CCC1COCCN1C1C(C)CC(C)CC1N. The van der Waals surface area contributed by atoms with Crippen molar-refractivity contribution in [1.29, 1.82) is 0 Å². The van der Waals surface area contributed by atoms with Crippen molar-refractivity contribution in [2.45, 2.75) is 58.2 Å². The number of hydrogen-bond donors (Lipinski definition) is 1. The molecule has 0 aromatic heterocycles. The van der Waals surface area contributed by atoms with Gasteiger partial charge in [-0.1, -0.05) is 20.8 Å². The Morgan fingerprint density at radius 1 is 1.29 bits per heavy atom. The van der Waals surface area contributed by atoms with Crippen molar-refractivity contribution < 1.29 is 4.74 Å². The Morgan fingerprint density at radius 2 is 2.06 bits per heavy atom. The zero-order chi connectivity index (χ0) is 12.4. The van der Waals surface area contributed by atoms with Crippen LogP contribution in [0.1, 0.15) is 40.0 Å². The second-order valence-corrected chi connectivity index (χ2v) is 6.08. The maximum atomic E-state index is 6.43. The molecule has 17 heavy (non-hydrogen) atoms. The molecule has 1 heterocycles. The lowest BCUT2D eigenvalue weighted by Crippen LogP contribution is -2.60. The van der Waals surface area contributed by atoms with Crippen molar-refractivity contribution in [3.05, 3.63) is 0 Å². The molecule has 1 saturated heterocycles. The molecular weight excluding hydrogens is 212 g/mol. The summed E-state index contributed by atoms with van der Waals surface area (Å²) in [6.45, 7) is 9.80. The van der Waals surface area contributed by atoms with Gasteiger partial charge in [-0.25, -0.2) is 0 Å². The molecule has 100 valence electrons. The fourth-order valence-electron chi connectivity index (χ4n) is 3.88. The molecule has 2 aliphatic rings. The Labute approximate surface area is 106 Å². The largest absolute Gasteiger partial charge is 0.378 e. The van der Waals surface area contributed by atoms with E-state index in [-0.39, 0.29) is 0 Å². The standard InChI is InChI=1S/C14H28N2O/c1-4-12-9-17-6-5-16(12)14-11(3)7-10(2)8-13(14)15/h10-14H,4-9,15H2,1-3H3. The molecule has 1 aliphatic heterocycles. The van der Waals surface area contributed by atoms with Gasteiger partial charge in [-0.2, -0.15) is 0 Å². The highest BCUT2D eigenvalue weighted by Crippen LogP contribution is 2.33. The molecule has 1 saturated carbocycles. The molecular formula is C14H28N2O. The zero-order valence-corrected chi connectivity index (χ0v) is 11.6. The highest BCUT2D eigenvalue weighted by molar-refractivity contribution is 4.95. The van der Waals surface area contributed by atoms with Gasteiger partial charge in [0.25, 0.3) is 0 Å². The summed E-state index contributed by atoms with van der Waals surface area (Å²) in [5, 5.41) is 0. The van der Waals surface area contributed by atoms with Crippen molar-refractivity contribution in [1.82, 2.24) is 4.90 Å². The number of ether oxygens (including phenoxy) is 1. The normalized spacial score (nSPS) is 44.8. The van der Waals surface area contributed by atoms with E-state index in [0.29, 0.717) is 18.1 Å². The highest BCUT2D eigenvalue weighted by Gasteiger charge is 2.39. The third kappa shape index (κ3) is 2.83. The number of hydrogen-bond acceptors (Lipinski definition) is 3. The molecule has 3 heteroatoms. The predicted molar refractivity (Wildman–Crippen MR) is 70.9 cm³/mol. The van der Waals surface area contributed by atoms with Crippen LogP contribution in [0.5, 0.6) is 0 Å². The fraction of sp³-hybridized carbons (Fsp3) is 1.00. The van der Waals surface area contributed by atoms with Crippen molar-refractivity contribution >= 4 is 0 Å². The maximum Gasteiger partial charge on any atom is 0.0622 e. The quantitative estimate of drug-likeness (QED) is 0.800. The topological polar surface area (TPSA) is 38.5 Å². The molecule has 2 fully saturated rings. The van der Waals surface area contributed by atoms with Crippen LogP contribution in [-0.4, -0.2) is 42.8 Å². The number of nitrogens with two attached hydrogens (primary N) is 1. The molecule has 1 aliphatic carbocycles. The van der Waals surface area contributed by atoms with E-state index < -0.39 is 0 Å². The Morgan fingerprint density at radius 3 is 2.71 bits per heavy atom. The lowest BCUT2D eigenvalue weighted by atomic mass is 9.75. The van der Waals surface area contributed by atoms with Gasteiger partial charge in [0.1, 0.15) is 0 Å². The Hall–Kier alpha value is -0.120. The third-order valence-electron chi connectivity index (χ3n) is 4.60. The van der Waals surface area contributed by atoms with Gasteiger partial charge in [0.15, 0.2) is 0 Å². The van der Waals surface area contributed by atoms with E-state index in [0.717, 1.165) is 31.6 Å². The van der Waals surface area contributed by atoms with Crippen LogP contribution in [-0.2, 0) is 4.74 Å². The first-order valence-electron chi connectivity index (χ1n) is 7.22. The van der Waals surface area contributed by atoms with E-state index in [1.54, 1.807) is 0 Å². The molecule has 0 bridgehead atoms. The lowest BCUT2D eigenvalue weighted by Gasteiger charge is -2.49. The van der Waals surface area contributed by atoms with Crippen molar-refractivity contribution in [2.75, 3.05) is 19.8 Å². The Balaban J connectivity index is 2.07. The Bertz CT molecular complexity index is 234. The molecule has 2 rings (SSSR count). The molecule has 2 N–H and O–H groups in total. The van der Waals surface area contributed by atoms with Crippen LogP contribution in [0.15, 0.2) is 0 Å².